The maximum atomic E-state index is 10.2. The van der Waals surface area contributed by atoms with E-state index in [9.17, 15) is 10.1 Å². The second-order valence-electron chi connectivity index (χ2n) is 5.09. The van der Waals surface area contributed by atoms with Crippen molar-refractivity contribution in [3.05, 3.63) is 75.8 Å². The number of hydrogen-bond donors (Lipinski definition) is 3. The molecule has 2 aromatic carbocycles. The zero-order valence-corrected chi connectivity index (χ0v) is 13.6. The molecule has 0 saturated carbocycles. The number of hydrogen-bond acceptors (Lipinski definition) is 6. The van der Waals surface area contributed by atoms with Crippen molar-refractivity contribution in [2.75, 3.05) is 0 Å². The van der Waals surface area contributed by atoms with Gasteiger partial charge in [0.15, 0.2) is 0 Å². The monoisotopic (exact) mass is 362 g/mol. The number of rotatable bonds is 3. The number of aliphatic carboxylic acids is 2. The Morgan fingerprint density at radius 1 is 1.12 bits per heavy atom. The van der Waals surface area contributed by atoms with Gasteiger partial charge in [-0.15, -0.1) is 0 Å². The molecule has 2 aromatic rings. The molecule has 0 fully saturated rings. The number of carboxylic acid groups (broad SMARTS) is 2. The minimum atomic E-state index is -1.82. The Morgan fingerprint density at radius 2 is 1.73 bits per heavy atom. The summed E-state index contributed by atoms with van der Waals surface area (Å²) < 4.78 is 5.18. The molecule has 1 aliphatic rings. The Balaban J connectivity index is 0.000000209. The summed E-state index contributed by atoms with van der Waals surface area (Å²) in [5, 5.41) is 25.0. The first-order valence-electron chi connectivity index (χ1n) is 7.40. The van der Waals surface area contributed by atoms with E-state index in [1.54, 1.807) is 0 Å². The molecule has 1 heterocycles. The summed E-state index contributed by atoms with van der Waals surface area (Å²) in [6.45, 7) is 0.766. The Labute approximate surface area is 148 Å². The third-order valence-corrected chi connectivity index (χ3v) is 3.05. The van der Waals surface area contributed by atoms with Gasteiger partial charge in [-0.1, -0.05) is 42.5 Å². The maximum absolute atomic E-state index is 10.2. The molecule has 0 aromatic heterocycles. The number of nitrogens with two attached hydrogens (primary N) is 1. The highest BCUT2D eigenvalue weighted by molar-refractivity contribution is 6.27. The van der Waals surface area contributed by atoms with E-state index in [1.807, 2.05) is 42.5 Å². The van der Waals surface area contributed by atoms with Crippen LogP contribution in [0.3, 0.4) is 0 Å². The van der Waals surface area contributed by atoms with Crippen LogP contribution < -0.4 is 10.5 Å². The first-order chi connectivity index (χ1) is 12.3. The van der Waals surface area contributed by atoms with Gasteiger partial charge >= 0.3 is 11.9 Å². The third kappa shape index (κ3) is 7.88. The molecule has 0 radical (unpaired) electrons. The number of nitro groups is 1. The molecule has 0 spiro atoms. The van der Waals surface area contributed by atoms with Crippen molar-refractivity contribution in [3.8, 4) is 5.75 Å². The van der Waals surface area contributed by atoms with Crippen LogP contribution in [0.15, 0.2) is 54.6 Å². The first-order valence-corrected chi connectivity index (χ1v) is 7.40. The fourth-order valence-corrected chi connectivity index (χ4v) is 1.82. The summed E-state index contributed by atoms with van der Waals surface area (Å²) in [5.41, 5.74) is 7.42. The molecule has 3 rings (SSSR count). The lowest BCUT2D eigenvalue weighted by Gasteiger charge is -2.02. The molecule has 4 N–H and O–H groups in total. The van der Waals surface area contributed by atoms with Crippen molar-refractivity contribution in [1.29, 1.82) is 0 Å². The molecule has 9 nitrogen and oxygen atoms in total. The van der Waals surface area contributed by atoms with Crippen LogP contribution >= 0.6 is 0 Å². The lowest BCUT2D eigenvalue weighted by Crippen LogP contribution is -2.31. The van der Waals surface area contributed by atoms with Crippen molar-refractivity contribution in [1.82, 2.24) is 0 Å². The van der Waals surface area contributed by atoms with Gasteiger partial charge in [-0.3, -0.25) is 15.8 Å². The quantitative estimate of drug-likeness (QED) is 0.321. The molecule has 2 bridgehead atoms. The number of ether oxygens (including phenoxy) is 1. The molecule has 138 valence electrons. The molecule has 0 amide bonds. The van der Waals surface area contributed by atoms with Gasteiger partial charge in [0.2, 0.25) is 0 Å². The Kier molecular flexibility index (Phi) is 8.24. The van der Waals surface area contributed by atoms with Crippen molar-refractivity contribution in [2.45, 2.75) is 19.2 Å². The molecule has 1 aliphatic heterocycles. The minimum Gasteiger partial charge on any atom is -0.489 e. The van der Waals surface area contributed by atoms with Crippen LogP contribution in [0.25, 0.3) is 0 Å². The minimum absolute atomic E-state index is 0.286. The van der Waals surface area contributed by atoms with Gasteiger partial charge in [-0.05, 0) is 23.3 Å². The number of benzene rings is 2. The van der Waals surface area contributed by atoms with Crippen LogP contribution in [0.5, 0.6) is 5.75 Å². The number of carbonyl (C=O) groups is 2. The van der Waals surface area contributed by atoms with Gasteiger partial charge in [-0.25, -0.2) is 9.59 Å². The summed E-state index contributed by atoms with van der Waals surface area (Å²) in [6, 6.07) is 17.3. The average molecular weight is 362 g/mol. The van der Waals surface area contributed by atoms with Crippen molar-refractivity contribution in [3.63, 3.8) is 0 Å². The summed E-state index contributed by atoms with van der Waals surface area (Å²) in [5.74, 6) is -2.65. The third-order valence-electron chi connectivity index (χ3n) is 3.05. The number of nitrogens with zero attached hydrogens (tertiary/aromatic N) is 1. The highest BCUT2D eigenvalue weighted by Crippen LogP contribution is 2.20. The van der Waals surface area contributed by atoms with E-state index in [4.69, 9.17) is 30.3 Å². The molecule has 0 saturated heterocycles. The lowest BCUT2D eigenvalue weighted by molar-refractivity contribution is -0.520. The molecule has 9 heteroatoms. The van der Waals surface area contributed by atoms with Crippen molar-refractivity contribution < 1.29 is 29.5 Å². The topological polar surface area (TPSA) is 153 Å². The Hall–Kier alpha value is -3.46. The van der Waals surface area contributed by atoms with E-state index in [2.05, 4.69) is 12.1 Å². The largest absolute Gasteiger partial charge is 0.489 e. The van der Waals surface area contributed by atoms with Crippen LogP contribution in [0.1, 0.15) is 11.1 Å². The second kappa shape index (κ2) is 10.4. The SMILES string of the molecule is NC(Cc1ccccc1)[N+](=O)[O-].O=C(O)C(=O)O.c1cc2cc(c1)OC2. The smallest absolute Gasteiger partial charge is 0.414 e. The fraction of sp³-hybridized carbons (Fsp3) is 0.176. The second-order valence-corrected chi connectivity index (χ2v) is 5.09. The molecule has 1 atom stereocenters. The number of fused-ring (bicyclic) bond motifs is 2. The molecule has 1 unspecified atom stereocenters. The van der Waals surface area contributed by atoms with Gasteiger partial charge < -0.3 is 14.9 Å². The maximum Gasteiger partial charge on any atom is 0.414 e. The van der Waals surface area contributed by atoms with Crippen molar-refractivity contribution >= 4 is 11.9 Å². The van der Waals surface area contributed by atoms with Gasteiger partial charge in [0.05, 0.1) is 6.42 Å². The predicted octanol–water partition coefficient (Wildman–Crippen LogP) is 1.53. The van der Waals surface area contributed by atoms with E-state index in [-0.39, 0.29) is 6.42 Å². The van der Waals surface area contributed by atoms with Crippen molar-refractivity contribution in [2.24, 2.45) is 5.73 Å². The lowest BCUT2D eigenvalue weighted by atomic mass is 10.1. The highest BCUT2D eigenvalue weighted by atomic mass is 16.6. The van der Waals surface area contributed by atoms with E-state index < -0.39 is 23.0 Å². The van der Waals surface area contributed by atoms with Crippen LogP contribution in [-0.4, -0.2) is 33.2 Å². The highest BCUT2D eigenvalue weighted by Gasteiger charge is 2.12. The van der Waals surface area contributed by atoms with E-state index in [0.717, 1.165) is 17.9 Å². The van der Waals surface area contributed by atoms with Crippen LogP contribution in [0, 0.1) is 10.1 Å². The molecule has 0 aliphatic carbocycles. The van der Waals surface area contributed by atoms with Gasteiger partial charge in [0.25, 0.3) is 6.17 Å². The number of carboxylic acids is 2. The molecule has 26 heavy (non-hydrogen) atoms. The normalized spacial score (nSPS) is 11.6. The predicted molar refractivity (Wildman–Crippen MR) is 91.2 cm³/mol. The van der Waals surface area contributed by atoms with Gasteiger partial charge in [-0.2, -0.15) is 0 Å². The molecular weight excluding hydrogens is 344 g/mol. The van der Waals surface area contributed by atoms with Gasteiger partial charge in [0.1, 0.15) is 12.4 Å². The fourth-order valence-electron chi connectivity index (χ4n) is 1.82. The standard InChI is InChI=1S/C8H10N2O2.C7H6O.C2H2O4/c9-8(10(11)12)6-7-4-2-1-3-5-7;1-2-6-4-7(3-1)8-5-6;3-1(4)2(5)6/h1-5,8H,6,9H2;1-4H,5H2;(H,3,4)(H,5,6). The summed E-state index contributed by atoms with van der Waals surface area (Å²) >= 11 is 0. The summed E-state index contributed by atoms with van der Waals surface area (Å²) in [7, 11) is 0. The zero-order valence-electron chi connectivity index (χ0n) is 13.6. The average Bonchev–Trinajstić information content (AvgIpc) is 2.94. The zero-order chi connectivity index (χ0) is 19.5. The summed E-state index contributed by atoms with van der Waals surface area (Å²) in [6.07, 6.45) is -0.708. The Bertz CT molecular complexity index is 719. The van der Waals surface area contributed by atoms with E-state index in [0.29, 0.717) is 0 Å². The molecular formula is C17H18N2O7. The van der Waals surface area contributed by atoms with Crippen LogP contribution in [0.4, 0.5) is 0 Å². The van der Waals surface area contributed by atoms with Crippen LogP contribution in [0.2, 0.25) is 0 Å². The van der Waals surface area contributed by atoms with E-state index >= 15 is 0 Å². The Morgan fingerprint density at radius 3 is 2.19 bits per heavy atom. The van der Waals surface area contributed by atoms with Gasteiger partial charge in [0, 0.05) is 4.92 Å². The first kappa shape index (κ1) is 20.6. The summed E-state index contributed by atoms with van der Waals surface area (Å²) in [4.78, 5) is 27.9. The van der Waals surface area contributed by atoms with Crippen LogP contribution in [-0.2, 0) is 22.6 Å². The van der Waals surface area contributed by atoms with E-state index in [1.165, 1.54) is 5.56 Å².